The van der Waals surface area contributed by atoms with Crippen molar-refractivity contribution in [2.24, 2.45) is 0 Å². The van der Waals surface area contributed by atoms with Crippen LogP contribution >= 0.6 is 0 Å². The smallest absolute Gasteiger partial charge is 0.231 e. The molecule has 0 spiro atoms. The number of fused-ring (bicyclic) bond motifs is 2. The lowest BCUT2D eigenvalue weighted by Crippen LogP contribution is -2.30. The van der Waals surface area contributed by atoms with Crippen LogP contribution < -0.4 is 4.90 Å². The van der Waals surface area contributed by atoms with Gasteiger partial charge in [-0.1, -0.05) is 18.2 Å². The Hall–Kier alpha value is -2.62. The molecule has 2 aromatic carbocycles. The molecule has 3 aromatic rings. The Kier molecular flexibility index (Phi) is 2.96. The number of halogens is 1. The van der Waals surface area contributed by atoms with Crippen LogP contribution in [-0.2, 0) is 17.6 Å². The maximum atomic E-state index is 13.3. The highest BCUT2D eigenvalue weighted by atomic mass is 19.1. The van der Waals surface area contributed by atoms with Crippen molar-refractivity contribution < 1.29 is 9.18 Å². The number of rotatable bonds is 2. The fraction of sp³-hybridized carbons (Fsp3) is 0.167. The fourth-order valence-electron chi connectivity index (χ4n) is 3.17. The van der Waals surface area contributed by atoms with Crippen molar-refractivity contribution in [3.8, 4) is 0 Å². The molecule has 0 aliphatic carbocycles. The van der Waals surface area contributed by atoms with Crippen molar-refractivity contribution in [1.82, 2.24) is 4.98 Å². The first-order valence-electron chi connectivity index (χ1n) is 7.36. The first-order valence-corrected chi connectivity index (χ1v) is 7.36. The minimum absolute atomic E-state index is 0.0510. The number of hydrogen-bond donors (Lipinski definition) is 1. The molecule has 1 N–H and O–H groups in total. The van der Waals surface area contributed by atoms with Crippen molar-refractivity contribution in [2.45, 2.75) is 12.8 Å². The molecule has 0 fully saturated rings. The van der Waals surface area contributed by atoms with E-state index >= 15 is 0 Å². The van der Waals surface area contributed by atoms with E-state index in [0.717, 1.165) is 27.7 Å². The highest BCUT2D eigenvalue weighted by Crippen LogP contribution is 2.29. The molecule has 22 heavy (non-hydrogen) atoms. The van der Waals surface area contributed by atoms with Crippen LogP contribution in [0.15, 0.2) is 48.7 Å². The van der Waals surface area contributed by atoms with Gasteiger partial charge in [0.15, 0.2) is 0 Å². The minimum Gasteiger partial charge on any atom is -0.361 e. The first-order chi connectivity index (χ1) is 10.7. The van der Waals surface area contributed by atoms with Gasteiger partial charge in [-0.05, 0) is 41.8 Å². The zero-order chi connectivity index (χ0) is 15.1. The molecular weight excluding hydrogens is 279 g/mol. The van der Waals surface area contributed by atoms with E-state index in [1.807, 2.05) is 30.5 Å². The zero-order valence-corrected chi connectivity index (χ0v) is 12.0. The Morgan fingerprint density at radius 2 is 2.09 bits per heavy atom. The number of carbonyl (C=O) groups excluding carboxylic acids is 1. The van der Waals surface area contributed by atoms with Gasteiger partial charge in [0.2, 0.25) is 5.91 Å². The van der Waals surface area contributed by atoms with E-state index in [-0.39, 0.29) is 11.7 Å². The van der Waals surface area contributed by atoms with E-state index in [1.54, 1.807) is 11.0 Å². The van der Waals surface area contributed by atoms with Crippen LogP contribution in [0.3, 0.4) is 0 Å². The lowest BCUT2D eigenvalue weighted by atomic mass is 10.1. The predicted octanol–water partition coefficient (Wildman–Crippen LogP) is 3.44. The number of carbonyl (C=O) groups is 1. The molecule has 0 atom stereocenters. The normalized spacial score (nSPS) is 13.6. The zero-order valence-electron chi connectivity index (χ0n) is 12.0. The van der Waals surface area contributed by atoms with Crippen LogP contribution in [0.25, 0.3) is 10.9 Å². The van der Waals surface area contributed by atoms with Crippen molar-refractivity contribution in [1.29, 1.82) is 0 Å². The summed E-state index contributed by atoms with van der Waals surface area (Å²) in [5.74, 6) is -0.195. The average molecular weight is 294 g/mol. The summed E-state index contributed by atoms with van der Waals surface area (Å²) in [6.07, 6.45) is 2.96. The number of anilines is 1. The van der Waals surface area contributed by atoms with Gasteiger partial charge in [0, 0.05) is 29.3 Å². The lowest BCUT2D eigenvalue weighted by molar-refractivity contribution is -0.117. The van der Waals surface area contributed by atoms with Crippen molar-refractivity contribution >= 4 is 22.5 Å². The summed E-state index contributed by atoms with van der Waals surface area (Å²) in [6, 6.07) is 12.6. The van der Waals surface area contributed by atoms with Gasteiger partial charge in [-0.15, -0.1) is 0 Å². The SMILES string of the molecule is O=C(Cc1c[nH]c2ccccc12)N1CCc2cc(F)ccc21. The second-order valence-corrected chi connectivity index (χ2v) is 5.60. The molecule has 0 saturated heterocycles. The van der Waals surface area contributed by atoms with Gasteiger partial charge in [0.1, 0.15) is 5.82 Å². The molecule has 1 amide bonds. The van der Waals surface area contributed by atoms with Gasteiger partial charge in [0.05, 0.1) is 6.42 Å². The van der Waals surface area contributed by atoms with Gasteiger partial charge >= 0.3 is 0 Å². The Morgan fingerprint density at radius 3 is 3.00 bits per heavy atom. The standard InChI is InChI=1S/C18H15FN2O/c19-14-5-6-17-12(9-14)7-8-21(17)18(22)10-13-11-20-16-4-2-1-3-15(13)16/h1-6,9,11,20H,7-8,10H2. The number of nitrogens with one attached hydrogen (secondary N) is 1. The lowest BCUT2D eigenvalue weighted by Gasteiger charge is -2.17. The quantitative estimate of drug-likeness (QED) is 0.772. The van der Waals surface area contributed by atoms with E-state index in [9.17, 15) is 9.18 Å². The molecule has 0 radical (unpaired) electrons. The van der Waals surface area contributed by atoms with Crippen LogP contribution in [0.5, 0.6) is 0 Å². The summed E-state index contributed by atoms with van der Waals surface area (Å²) >= 11 is 0. The number of amides is 1. The van der Waals surface area contributed by atoms with Crippen molar-refractivity contribution in [2.75, 3.05) is 11.4 Å². The number of hydrogen-bond acceptors (Lipinski definition) is 1. The second-order valence-electron chi connectivity index (χ2n) is 5.60. The molecule has 1 aliphatic heterocycles. The largest absolute Gasteiger partial charge is 0.361 e. The van der Waals surface area contributed by atoms with Crippen LogP contribution in [0.1, 0.15) is 11.1 Å². The molecule has 110 valence electrons. The number of benzene rings is 2. The highest BCUT2D eigenvalue weighted by molar-refractivity contribution is 5.99. The Morgan fingerprint density at radius 1 is 1.23 bits per heavy atom. The van der Waals surface area contributed by atoms with Crippen molar-refractivity contribution in [3.63, 3.8) is 0 Å². The monoisotopic (exact) mass is 294 g/mol. The second kappa shape index (κ2) is 4.98. The summed E-state index contributed by atoms with van der Waals surface area (Å²) in [4.78, 5) is 17.6. The van der Waals surface area contributed by atoms with Gasteiger partial charge in [-0.25, -0.2) is 4.39 Å². The fourth-order valence-corrected chi connectivity index (χ4v) is 3.17. The molecule has 4 rings (SSSR count). The molecule has 0 unspecified atom stereocenters. The number of para-hydroxylation sites is 1. The van der Waals surface area contributed by atoms with Crippen LogP contribution in [0.2, 0.25) is 0 Å². The average Bonchev–Trinajstić information content (AvgIpc) is 3.11. The summed E-state index contributed by atoms with van der Waals surface area (Å²) in [5, 5.41) is 1.08. The Bertz CT molecular complexity index is 868. The highest BCUT2D eigenvalue weighted by Gasteiger charge is 2.25. The molecule has 1 aromatic heterocycles. The minimum atomic E-state index is -0.246. The number of H-pyrrole nitrogens is 1. The maximum absolute atomic E-state index is 13.3. The maximum Gasteiger partial charge on any atom is 0.231 e. The third kappa shape index (κ3) is 2.08. The molecule has 3 nitrogen and oxygen atoms in total. The molecular formula is C18H15FN2O. The predicted molar refractivity (Wildman–Crippen MR) is 84.5 cm³/mol. The summed E-state index contributed by atoms with van der Waals surface area (Å²) in [5.41, 5.74) is 3.78. The van der Waals surface area contributed by atoms with Crippen molar-refractivity contribution in [3.05, 3.63) is 65.6 Å². The van der Waals surface area contributed by atoms with E-state index in [0.29, 0.717) is 19.4 Å². The topological polar surface area (TPSA) is 36.1 Å². The van der Waals surface area contributed by atoms with Gasteiger partial charge < -0.3 is 9.88 Å². The van der Waals surface area contributed by atoms with Gasteiger partial charge in [-0.3, -0.25) is 4.79 Å². The van der Waals surface area contributed by atoms with E-state index in [4.69, 9.17) is 0 Å². The molecule has 0 saturated carbocycles. The van der Waals surface area contributed by atoms with E-state index < -0.39 is 0 Å². The van der Waals surface area contributed by atoms with Crippen LogP contribution in [0.4, 0.5) is 10.1 Å². The number of nitrogens with zero attached hydrogens (tertiary/aromatic N) is 1. The summed E-state index contributed by atoms with van der Waals surface area (Å²) < 4.78 is 13.3. The third-order valence-corrected chi connectivity index (χ3v) is 4.25. The molecule has 2 heterocycles. The Balaban J connectivity index is 1.62. The molecule has 4 heteroatoms. The summed E-state index contributed by atoms with van der Waals surface area (Å²) in [7, 11) is 0. The van der Waals surface area contributed by atoms with Crippen LogP contribution in [-0.4, -0.2) is 17.4 Å². The van der Waals surface area contributed by atoms with E-state index in [1.165, 1.54) is 12.1 Å². The van der Waals surface area contributed by atoms with Crippen LogP contribution in [0, 0.1) is 5.82 Å². The molecule has 1 aliphatic rings. The number of aromatic nitrogens is 1. The van der Waals surface area contributed by atoms with Gasteiger partial charge in [0.25, 0.3) is 0 Å². The third-order valence-electron chi connectivity index (χ3n) is 4.25. The summed E-state index contributed by atoms with van der Waals surface area (Å²) in [6.45, 7) is 0.625. The Labute approximate surface area is 127 Å². The van der Waals surface area contributed by atoms with E-state index in [2.05, 4.69) is 4.98 Å². The molecule has 0 bridgehead atoms. The number of aromatic amines is 1. The van der Waals surface area contributed by atoms with Gasteiger partial charge in [-0.2, -0.15) is 0 Å². The first kappa shape index (κ1) is 13.1.